The highest BCUT2D eigenvalue weighted by atomic mass is 32.2. The first-order valence-electron chi connectivity index (χ1n) is 4.80. The van der Waals surface area contributed by atoms with Crippen LogP contribution in [0.3, 0.4) is 0 Å². The molecule has 1 aromatic rings. The summed E-state index contributed by atoms with van der Waals surface area (Å²) in [6.07, 6.45) is 5.96. The number of hydrogen-bond acceptors (Lipinski definition) is 4. The zero-order valence-electron chi connectivity index (χ0n) is 9.05. The highest BCUT2D eigenvalue weighted by Gasteiger charge is 2.11. The summed E-state index contributed by atoms with van der Waals surface area (Å²) in [7, 11) is -1.01. The summed E-state index contributed by atoms with van der Waals surface area (Å²) in [5.74, 6) is 0.981. The maximum absolute atomic E-state index is 10.9. The molecule has 0 aliphatic carbocycles. The van der Waals surface area contributed by atoms with Gasteiger partial charge >= 0.3 is 0 Å². The van der Waals surface area contributed by atoms with Gasteiger partial charge in [0, 0.05) is 31.4 Å². The summed E-state index contributed by atoms with van der Waals surface area (Å²) in [5, 5.41) is 0. The van der Waals surface area contributed by atoms with Crippen LogP contribution in [0.4, 0.5) is 0 Å². The van der Waals surface area contributed by atoms with E-state index in [1.54, 1.807) is 6.20 Å². The van der Waals surface area contributed by atoms with Crippen LogP contribution in [0.2, 0.25) is 0 Å². The molecule has 0 aliphatic rings. The quantitative estimate of drug-likeness (QED) is 0.787. The molecule has 5 nitrogen and oxygen atoms in total. The minimum absolute atomic E-state index is 0.186. The van der Waals surface area contributed by atoms with Crippen LogP contribution in [-0.2, 0) is 16.9 Å². The van der Waals surface area contributed by atoms with E-state index in [4.69, 9.17) is 5.73 Å². The van der Waals surface area contributed by atoms with E-state index in [0.717, 1.165) is 5.82 Å². The van der Waals surface area contributed by atoms with E-state index in [1.807, 2.05) is 17.8 Å². The Hall–Kier alpha value is -0.880. The van der Waals surface area contributed by atoms with Crippen molar-refractivity contribution in [1.82, 2.24) is 9.55 Å². The van der Waals surface area contributed by atoms with Crippen LogP contribution in [-0.4, -0.2) is 30.0 Å². The fraction of sp³-hybridized carbons (Fsp3) is 0.667. The number of aryl methyl sites for hydroxylation is 1. The van der Waals surface area contributed by atoms with E-state index in [9.17, 15) is 8.42 Å². The second-order valence-electron chi connectivity index (χ2n) is 3.77. The minimum Gasteiger partial charge on any atom is -0.337 e. The van der Waals surface area contributed by atoms with E-state index in [2.05, 4.69) is 4.98 Å². The summed E-state index contributed by atoms with van der Waals surface area (Å²) >= 11 is 0. The first-order chi connectivity index (χ1) is 6.90. The molecule has 0 saturated heterocycles. The van der Waals surface area contributed by atoms with E-state index >= 15 is 0 Å². The van der Waals surface area contributed by atoms with Gasteiger partial charge in [0.2, 0.25) is 0 Å². The molecular formula is C9H17N3O2S. The summed E-state index contributed by atoms with van der Waals surface area (Å²) in [5.41, 5.74) is 5.89. The summed E-state index contributed by atoms with van der Waals surface area (Å²) in [4.78, 5) is 4.12. The zero-order chi connectivity index (χ0) is 11.5. The monoisotopic (exact) mass is 231 g/mol. The molecule has 0 aromatic carbocycles. The predicted molar refractivity (Wildman–Crippen MR) is 59.1 cm³/mol. The molecule has 6 heteroatoms. The third-order valence-corrected chi connectivity index (χ3v) is 3.25. The van der Waals surface area contributed by atoms with Gasteiger partial charge in [-0.15, -0.1) is 0 Å². The molecule has 0 amide bonds. The van der Waals surface area contributed by atoms with Crippen molar-refractivity contribution in [2.75, 3.05) is 12.0 Å². The number of aromatic nitrogens is 2. The maximum Gasteiger partial charge on any atom is 0.147 e. The molecule has 0 radical (unpaired) electrons. The first kappa shape index (κ1) is 12.2. The number of rotatable bonds is 5. The molecule has 0 aliphatic heterocycles. The van der Waals surface area contributed by atoms with E-state index < -0.39 is 9.84 Å². The number of nitrogens with zero attached hydrogens (tertiary/aromatic N) is 2. The van der Waals surface area contributed by atoms with Crippen molar-refractivity contribution in [2.45, 2.75) is 18.9 Å². The normalized spacial score (nSPS) is 14.1. The van der Waals surface area contributed by atoms with E-state index in [0.29, 0.717) is 12.8 Å². The van der Waals surface area contributed by atoms with E-state index in [-0.39, 0.29) is 11.8 Å². The Bertz CT molecular complexity index is 411. The second kappa shape index (κ2) is 4.76. The molecule has 0 spiro atoms. The lowest BCUT2D eigenvalue weighted by atomic mass is 10.2. The van der Waals surface area contributed by atoms with Gasteiger partial charge in [-0.2, -0.15) is 0 Å². The fourth-order valence-corrected chi connectivity index (χ4v) is 2.12. The van der Waals surface area contributed by atoms with Crippen molar-refractivity contribution in [3.8, 4) is 0 Å². The Balaban J connectivity index is 2.44. The third kappa shape index (κ3) is 4.01. The van der Waals surface area contributed by atoms with Gasteiger partial charge in [0.25, 0.3) is 0 Å². The average Bonchev–Trinajstić information content (AvgIpc) is 2.48. The van der Waals surface area contributed by atoms with Crippen LogP contribution in [0, 0.1) is 0 Å². The summed E-state index contributed by atoms with van der Waals surface area (Å²) < 4.78 is 23.7. The molecule has 0 fully saturated rings. The SMILES string of the molecule is Cn1ccnc1C(N)CCCS(C)(=O)=O. The van der Waals surface area contributed by atoms with Crippen molar-refractivity contribution in [1.29, 1.82) is 0 Å². The van der Waals surface area contributed by atoms with Gasteiger partial charge in [-0.25, -0.2) is 13.4 Å². The Morgan fingerprint density at radius 1 is 1.60 bits per heavy atom. The Kier molecular flexibility index (Phi) is 3.87. The van der Waals surface area contributed by atoms with Gasteiger partial charge in [0.15, 0.2) is 0 Å². The molecule has 1 unspecified atom stereocenters. The lowest BCUT2D eigenvalue weighted by Crippen LogP contribution is -2.16. The molecule has 2 N–H and O–H groups in total. The van der Waals surface area contributed by atoms with Crippen molar-refractivity contribution in [2.24, 2.45) is 12.8 Å². The molecule has 86 valence electrons. The van der Waals surface area contributed by atoms with Crippen LogP contribution < -0.4 is 5.73 Å². The van der Waals surface area contributed by atoms with Crippen molar-refractivity contribution in [3.05, 3.63) is 18.2 Å². The van der Waals surface area contributed by atoms with Gasteiger partial charge in [0.1, 0.15) is 15.7 Å². The van der Waals surface area contributed by atoms with Gasteiger partial charge in [-0.1, -0.05) is 0 Å². The fourth-order valence-electron chi connectivity index (χ4n) is 1.43. The molecule has 1 rings (SSSR count). The van der Waals surface area contributed by atoms with Crippen molar-refractivity contribution in [3.63, 3.8) is 0 Å². The second-order valence-corrected chi connectivity index (χ2v) is 6.03. The van der Waals surface area contributed by atoms with Crippen molar-refractivity contribution < 1.29 is 8.42 Å². The highest BCUT2D eigenvalue weighted by molar-refractivity contribution is 7.90. The maximum atomic E-state index is 10.9. The lowest BCUT2D eigenvalue weighted by molar-refractivity contribution is 0.566. The predicted octanol–water partition coefficient (Wildman–Crippen LogP) is 0.245. The number of hydrogen-bond donors (Lipinski definition) is 1. The summed E-state index contributed by atoms with van der Waals surface area (Å²) in [6.45, 7) is 0. The Labute approximate surface area is 90.2 Å². The Morgan fingerprint density at radius 3 is 2.73 bits per heavy atom. The van der Waals surface area contributed by atoms with Crippen LogP contribution in [0.15, 0.2) is 12.4 Å². The Morgan fingerprint density at radius 2 is 2.27 bits per heavy atom. The standard InChI is InChI=1S/C9H17N3O2S/c1-12-6-5-11-9(12)8(10)4-3-7-15(2,13)14/h5-6,8H,3-4,7,10H2,1-2H3. The van der Waals surface area contributed by atoms with Gasteiger partial charge in [-0.05, 0) is 12.8 Å². The largest absolute Gasteiger partial charge is 0.337 e. The number of imidazole rings is 1. The summed E-state index contributed by atoms with van der Waals surface area (Å²) in [6, 6.07) is -0.188. The molecule has 1 atom stereocenters. The third-order valence-electron chi connectivity index (χ3n) is 2.22. The van der Waals surface area contributed by atoms with E-state index in [1.165, 1.54) is 6.26 Å². The molecule has 1 aromatic heterocycles. The first-order valence-corrected chi connectivity index (χ1v) is 6.87. The average molecular weight is 231 g/mol. The van der Waals surface area contributed by atoms with Crippen LogP contribution in [0.25, 0.3) is 0 Å². The molecule has 0 saturated carbocycles. The molecule has 1 heterocycles. The van der Waals surface area contributed by atoms with Crippen LogP contribution >= 0.6 is 0 Å². The highest BCUT2D eigenvalue weighted by Crippen LogP contribution is 2.13. The van der Waals surface area contributed by atoms with Crippen LogP contribution in [0.1, 0.15) is 24.7 Å². The molecular weight excluding hydrogens is 214 g/mol. The smallest absolute Gasteiger partial charge is 0.147 e. The zero-order valence-corrected chi connectivity index (χ0v) is 9.87. The molecule has 15 heavy (non-hydrogen) atoms. The van der Waals surface area contributed by atoms with Crippen molar-refractivity contribution >= 4 is 9.84 Å². The van der Waals surface area contributed by atoms with Gasteiger partial charge in [-0.3, -0.25) is 0 Å². The van der Waals surface area contributed by atoms with Crippen LogP contribution in [0.5, 0.6) is 0 Å². The lowest BCUT2D eigenvalue weighted by Gasteiger charge is -2.10. The number of sulfone groups is 1. The minimum atomic E-state index is -2.88. The van der Waals surface area contributed by atoms with Gasteiger partial charge in [0.05, 0.1) is 6.04 Å². The topological polar surface area (TPSA) is 78.0 Å². The van der Waals surface area contributed by atoms with Gasteiger partial charge < -0.3 is 10.3 Å². The molecule has 0 bridgehead atoms. The number of nitrogens with two attached hydrogens (primary N) is 1.